The molecule has 21 heavy (non-hydrogen) atoms. The molecule has 0 aliphatic carbocycles. The number of hydrogen-bond donors (Lipinski definition) is 2. The van der Waals surface area contributed by atoms with E-state index in [1.165, 1.54) is 0 Å². The van der Waals surface area contributed by atoms with Crippen LogP contribution in [-0.4, -0.2) is 19.3 Å². The Kier molecular flexibility index (Phi) is 4.58. The predicted octanol–water partition coefficient (Wildman–Crippen LogP) is 3.89. The van der Waals surface area contributed by atoms with Gasteiger partial charge in [-0.25, -0.2) is 0 Å². The number of methoxy groups -OCH3 is 2. The first-order valence-electron chi connectivity index (χ1n) is 6.83. The normalized spacial score (nSPS) is 11.8. The molecule has 0 aromatic heterocycles. The van der Waals surface area contributed by atoms with E-state index in [9.17, 15) is 5.11 Å². The molecule has 112 valence electrons. The van der Waals surface area contributed by atoms with Crippen molar-refractivity contribution < 1.29 is 14.6 Å². The lowest BCUT2D eigenvalue weighted by Crippen LogP contribution is -2.08. The van der Waals surface area contributed by atoms with E-state index >= 15 is 0 Å². The molecule has 0 amide bonds. The minimum atomic E-state index is 0.113. The number of ether oxygens (including phenoxy) is 2. The van der Waals surface area contributed by atoms with Crippen molar-refractivity contribution in [3.63, 3.8) is 0 Å². The molecule has 1 unspecified atom stereocenters. The average molecular weight is 287 g/mol. The van der Waals surface area contributed by atoms with Crippen molar-refractivity contribution in [2.75, 3.05) is 19.5 Å². The predicted molar refractivity (Wildman–Crippen MR) is 84.4 cm³/mol. The maximum Gasteiger partial charge on any atom is 0.162 e. The highest BCUT2D eigenvalue weighted by atomic mass is 16.5. The van der Waals surface area contributed by atoms with E-state index in [0.717, 1.165) is 22.6 Å². The number of phenols is 1. The summed E-state index contributed by atoms with van der Waals surface area (Å²) < 4.78 is 10.6. The number of rotatable bonds is 5. The van der Waals surface area contributed by atoms with Crippen LogP contribution in [0.15, 0.2) is 36.4 Å². The maximum atomic E-state index is 9.35. The molecule has 0 heterocycles. The van der Waals surface area contributed by atoms with Crippen molar-refractivity contribution in [1.29, 1.82) is 0 Å². The van der Waals surface area contributed by atoms with Gasteiger partial charge in [0.2, 0.25) is 0 Å². The fraction of sp³-hybridized carbons (Fsp3) is 0.294. The van der Waals surface area contributed by atoms with Gasteiger partial charge in [0.25, 0.3) is 0 Å². The highest BCUT2D eigenvalue weighted by Crippen LogP contribution is 2.34. The summed E-state index contributed by atoms with van der Waals surface area (Å²) in [5, 5.41) is 12.8. The zero-order valence-corrected chi connectivity index (χ0v) is 12.8. The Balaban J connectivity index is 2.24. The quantitative estimate of drug-likeness (QED) is 0.876. The average Bonchev–Trinajstić information content (AvgIpc) is 2.49. The Hall–Kier alpha value is -2.36. The monoisotopic (exact) mass is 287 g/mol. The first kappa shape index (κ1) is 15.0. The fourth-order valence-corrected chi connectivity index (χ4v) is 2.22. The lowest BCUT2D eigenvalue weighted by atomic mass is 10.1. The Labute approximate surface area is 125 Å². The second-order valence-corrected chi connectivity index (χ2v) is 4.98. The zero-order chi connectivity index (χ0) is 15.4. The van der Waals surface area contributed by atoms with E-state index in [-0.39, 0.29) is 11.8 Å². The van der Waals surface area contributed by atoms with Crippen molar-refractivity contribution in [3.8, 4) is 17.2 Å². The van der Waals surface area contributed by atoms with Gasteiger partial charge >= 0.3 is 0 Å². The van der Waals surface area contributed by atoms with Crippen LogP contribution in [0.4, 0.5) is 5.69 Å². The summed E-state index contributed by atoms with van der Waals surface area (Å²) in [6.45, 7) is 4.09. The van der Waals surface area contributed by atoms with Crippen LogP contribution in [-0.2, 0) is 0 Å². The van der Waals surface area contributed by atoms with E-state index in [0.29, 0.717) is 5.75 Å². The molecule has 0 bridgehead atoms. The summed E-state index contributed by atoms with van der Waals surface area (Å²) in [5.41, 5.74) is 3.17. The van der Waals surface area contributed by atoms with Gasteiger partial charge in [0.1, 0.15) is 5.75 Å². The van der Waals surface area contributed by atoms with Gasteiger partial charge in [-0.15, -0.1) is 0 Å². The summed E-state index contributed by atoms with van der Waals surface area (Å²) in [6, 6.07) is 11.2. The molecule has 1 atom stereocenters. The van der Waals surface area contributed by atoms with E-state index in [1.54, 1.807) is 26.4 Å². The van der Waals surface area contributed by atoms with E-state index in [1.807, 2.05) is 31.2 Å². The molecule has 0 radical (unpaired) electrons. The molecule has 2 N–H and O–H groups in total. The van der Waals surface area contributed by atoms with Gasteiger partial charge in [0.05, 0.1) is 14.2 Å². The lowest BCUT2D eigenvalue weighted by Gasteiger charge is -2.19. The molecule has 2 aromatic rings. The van der Waals surface area contributed by atoms with Gasteiger partial charge < -0.3 is 19.9 Å². The lowest BCUT2D eigenvalue weighted by molar-refractivity contribution is 0.355. The molecule has 0 saturated carbocycles. The summed E-state index contributed by atoms with van der Waals surface area (Å²) in [5.74, 6) is 1.69. The van der Waals surface area contributed by atoms with Crippen molar-refractivity contribution >= 4 is 5.69 Å². The third kappa shape index (κ3) is 3.40. The topological polar surface area (TPSA) is 50.7 Å². The molecule has 0 spiro atoms. The van der Waals surface area contributed by atoms with Crippen LogP contribution in [0.25, 0.3) is 0 Å². The first-order chi connectivity index (χ1) is 10.0. The van der Waals surface area contributed by atoms with Crippen molar-refractivity contribution in [2.45, 2.75) is 19.9 Å². The highest BCUT2D eigenvalue weighted by Gasteiger charge is 2.11. The molecule has 0 aliphatic heterocycles. The van der Waals surface area contributed by atoms with Gasteiger partial charge in [0.15, 0.2) is 11.5 Å². The number of phenolic OH excluding ortho intramolecular Hbond substituents is 1. The largest absolute Gasteiger partial charge is 0.508 e. The second-order valence-electron chi connectivity index (χ2n) is 4.98. The van der Waals surface area contributed by atoms with Gasteiger partial charge in [-0.2, -0.15) is 0 Å². The molecule has 0 saturated heterocycles. The summed E-state index contributed by atoms with van der Waals surface area (Å²) >= 11 is 0. The molecule has 2 aromatic carbocycles. The van der Waals surface area contributed by atoms with Gasteiger partial charge in [-0.05, 0) is 43.2 Å². The van der Waals surface area contributed by atoms with Crippen molar-refractivity contribution in [1.82, 2.24) is 0 Å². The summed E-state index contributed by atoms with van der Waals surface area (Å²) in [6.07, 6.45) is 0. The minimum Gasteiger partial charge on any atom is -0.508 e. The molecular formula is C17H21NO3. The first-order valence-corrected chi connectivity index (χ1v) is 6.83. The Morgan fingerprint density at radius 2 is 1.57 bits per heavy atom. The van der Waals surface area contributed by atoms with Gasteiger partial charge in [-0.3, -0.25) is 0 Å². The SMILES string of the molecule is COc1cc(C)c(NC(C)c2ccc(O)cc2)cc1OC. The van der Waals surface area contributed by atoms with Crippen LogP contribution in [0.2, 0.25) is 0 Å². The van der Waals surface area contributed by atoms with Crippen LogP contribution in [0, 0.1) is 6.92 Å². The molecule has 4 nitrogen and oxygen atoms in total. The maximum absolute atomic E-state index is 9.35. The number of hydrogen-bond acceptors (Lipinski definition) is 4. The molecular weight excluding hydrogens is 266 g/mol. The Bertz CT molecular complexity index is 608. The van der Waals surface area contributed by atoms with Crippen LogP contribution in [0.1, 0.15) is 24.1 Å². The van der Waals surface area contributed by atoms with Crippen LogP contribution in [0.5, 0.6) is 17.2 Å². The van der Waals surface area contributed by atoms with Gasteiger partial charge in [-0.1, -0.05) is 12.1 Å². The number of aryl methyl sites for hydroxylation is 1. The third-order valence-corrected chi connectivity index (χ3v) is 3.50. The van der Waals surface area contributed by atoms with Crippen LogP contribution < -0.4 is 14.8 Å². The minimum absolute atomic E-state index is 0.113. The molecule has 4 heteroatoms. The zero-order valence-electron chi connectivity index (χ0n) is 12.8. The van der Waals surface area contributed by atoms with E-state index in [4.69, 9.17) is 9.47 Å². The third-order valence-electron chi connectivity index (χ3n) is 3.50. The molecule has 2 rings (SSSR count). The number of aromatic hydroxyl groups is 1. The summed E-state index contributed by atoms with van der Waals surface area (Å²) in [7, 11) is 3.25. The number of nitrogens with one attached hydrogen (secondary N) is 1. The van der Waals surface area contributed by atoms with Crippen molar-refractivity contribution in [2.24, 2.45) is 0 Å². The Morgan fingerprint density at radius 3 is 2.14 bits per heavy atom. The van der Waals surface area contributed by atoms with E-state index in [2.05, 4.69) is 12.2 Å². The summed E-state index contributed by atoms with van der Waals surface area (Å²) in [4.78, 5) is 0. The highest BCUT2D eigenvalue weighted by molar-refractivity contribution is 5.61. The smallest absolute Gasteiger partial charge is 0.162 e. The second kappa shape index (κ2) is 6.39. The fourth-order valence-electron chi connectivity index (χ4n) is 2.22. The van der Waals surface area contributed by atoms with E-state index < -0.39 is 0 Å². The van der Waals surface area contributed by atoms with Crippen LogP contribution in [0.3, 0.4) is 0 Å². The Morgan fingerprint density at radius 1 is 1.00 bits per heavy atom. The number of benzene rings is 2. The van der Waals surface area contributed by atoms with Crippen molar-refractivity contribution in [3.05, 3.63) is 47.5 Å². The number of anilines is 1. The van der Waals surface area contributed by atoms with Crippen LogP contribution >= 0.6 is 0 Å². The standard InChI is InChI=1S/C17H21NO3/c1-11-9-16(20-3)17(21-4)10-15(11)18-12(2)13-5-7-14(19)8-6-13/h5-10,12,18-19H,1-4H3. The molecule has 0 fully saturated rings. The van der Waals surface area contributed by atoms with Gasteiger partial charge in [0, 0.05) is 17.8 Å². The molecule has 0 aliphatic rings.